The Bertz CT molecular complexity index is 1240. The molecule has 0 aliphatic carbocycles. The van der Waals surface area contributed by atoms with Crippen LogP contribution in [-0.2, 0) is 17.6 Å². The van der Waals surface area contributed by atoms with Crippen LogP contribution in [0.5, 0.6) is 0 Å². The number of rotatable bonds is 7. The lowest BCUT2D eigenvalue weighted by Crippen LogP contribution is -2.09. The number of aromatic nitrogens is 2. The van der Waals surface area contributed by atoms with Gasteiger partial charge in [0.1, 0.15) is 5.78 Å². The van der Waals surface area contributed by atoms with Crippen molar-refractivity contribution in [2.45, 2.75) is 19.8 Å². The van der Waals surface area contributed by atoms with Crippen molar-refractivity contribution >= 4 is 28.2 Å². The van der Waals surface area contributed by atoms with Gasteiger partial charge in [-0.1, -0.05) is 18.2 Å². The lowest BCUT2D eigenvalue weighted by atomic mass is 10.0. The van der Waals surface area contributed by atoms with E-state index >= 15 is 0 Å². The summed E-state index contributed by atoms with van der Waals surface area (Å²) < 4.78 is 1.87. The second kappa shape index (κ2) is 8.56. The van der Waals surface area contributed by atoms with Gasteiger partial charge in [0.15, 0.2) is 5.78 Å². The van der Waals surface area contributed by atoms with Gasteiger partial charge in [0.05, 0.1) is 17.4 Å². The second-order valence-corrected chi connectivity index (χ2v) is 8.04. The highest BCUT2D eigenvalue weighted by Crippen LogP contribution is 2.22. The number of nitrogens with zero attached hydrogens (tertiary/aromatic N) is 3. The maximum absolute atomic E-state index is 12.7. The quantitative estimate of drug-likeness (QED) is 0.416. The van der Waals surface area contributed by atoms with Gasteiger partial charge in [-0.25, -0.2) is 4.68 Å². The number of ketones is 2. The topological polar surface area (TPSA) is 55.2 Å². The van der Waals surface area contributed by atoms with Crippen LogP contribution in [0.3, 0.4) is 0 Å². The van der Waals surface area contributed by atoms with Gasteiger partial charge in [-0.2, -0.15) is 5.10 Å². The summed E-state index contributed by atoms with van der Waals surface area (Å²) >= 11 is 0. The number of carbonyl (C=O) groups excluding carboxylic acids is 2. The van der Waals surface area contributed by atoms with Gasteiger partial charge >= 0.3 is 0 Å². The number of fused-ring (bicyclic) bond motifs is 1. The number of hydrogen-bond donors (Lipinski definition) is 0. The molecule has 0 aliphatic rings. The molecule has 0 atom stereocenters. The lowest BCUT2D eigenvalue weighted by Gasteiger charge is -2.12. The summed E-state index contributed by atoms with van der Waals surface area (Å²) in [6.45, 7) is 1.59. The molecule has 0 unspecified atom stereocenters. The van der Waals surface area contributed by atoms with Crippen LogP contribution in [0.15, 0.2) is 72.9 Å². The summed E-state index contributed by atoms with van der Waals surface area (Å²) in [6.07, 6.45) is 2.61. The zero-order chi connectivity index (χ0) is 22.0. The zero-order valence-corrected chi connectivity index (χ0v) is 18.0. The molecule has 3 aromatic carbocycles. The van der Waals surface area contributed by atoms with Crippen molar-refractivity contribution in [3.63, 3.8) is 0 Å². The number of carbonyl (C=O) groups is 2. The summed E-state index contributed by atoms with van der Waals surface area (Å²) in [6, 6.07) is 21.5. The number of benzene rings is 3. The van der Waals surface area contributed by atoms with Crippen LogP contribution in [0, 0.1) is 0 Å². The van der Waals surface area contributed by atoms with Crippen molar-refractivity contribution in [1.29, 1.82) is 0 Å². The number of Topliss-reactive ketones (excluding diaryl/α,β-unsaturated/α-hetero) is 2. The molecule has 4 aromatic rings. The van der Waals surface area contributed by atoms with E-state index < -0.39 is 0 Å². The summed E-state index contributed by atoms with van der Waals surface area (Å²) in [5.74, 6) is 0.242. The first-order valence-electron chi connectivity index (χ1n) is 10.3. The Hall–Kier alpha value is -3.73. The Labute approximate surface area is 181 Å². The third kappa shape index (κ3) is 4.56. The largest absolute Gasteiger partial charge is 0.378 e. The third-order valence-corrected chi connectivity index (χ3v) is 5.34. The molecule has 0 N–H and O–H groups in total. The van der Waals surface area contributed by atoms with Crippen LogP contribution >= 0.6 is 0 Å². The molecule has 1 heterocycles. The fourth-order valence-corrected chi connectivity index (χ4v) is 3.67. The van der Waals surface area contributed by atoms with E-state index in [4.69, 9.17) is 0 Å². The Morgan fingerprint density at radius 3 is 2.19 bits per heavy atom. The van der Waals surface area contributed by atoms with E-state index in [1.807, 2.05) is 96.6 Å². The minimum Gasteiger partial charge on any atom is -0.378 e. The molecule has 0 radical (unpaired) electrons. The van der Waals surface area contributed by atoms with Gasteiger partial charge in [0.25, 0.3) is 0 Å². The Morgan fingerprint density at radius 1 is 0.871 bits per heavy atom. The molecule has 0 spiro atoms. The minimum atomic E-state index is 0.0955. The van der Waals surface area contributed by atoms with Gasteiger partial charge in [0.2, 0.25) is 0 Å². The summed E-state index contributed by atoms with van der Waals surface area (Å²) in [4.78, 5) is 26.0. The predicted molar refractivity (Wildman–Crippen MR) is 124 cm³/mol. The molecule has 0 fully saturated rings. The molecule has 0 aliphatic heterocycles. The van der Waals surface area contributed by atoms with Crippen molar-refractivity contribution in [2.24, 2.45) is 0 Å². The van der Waals surface area contributed by atoms with Crippen LogP contribution in [0.4, 0.5) is 5.69 Å². The van der Waals surface area contributed by atoms with Gasteiger partial charge in [0, 0.05) is 43.6 Å². The molecule has 5 nitrogen and oxygen atoms in total. The van der Waals surface area contributed by atoms with Crippen LogP contribution in [-0.4, -0.2) is 35.4 Å². The van der Waals surface area contributed by atoms with E-state index in [1.165, 1.54) is 0 Å². The van der Waals surface area contributed by atoms with Crippen LogP contribution in [0.1, 0.15) is 28.4 Å². The predicted octanol–water partition coefficient (Wildman–Crippen LogP) is 4.65. The van der Waals surface area contributed by atoms with Gasteiger partial charge in [-0.05, 0) is 66.6 Å². The van der Waals surface area contributed by atoms with E-state index in [2.05, 4.69) is 5.10 Å². The Balaban J connectivity index is 1.53. The molecule has 0 saturated carbocycles. The first kappa shape index (κ1) is 20.5. The van der Waals surface area contributed by atoms with Gasteiger partial charge in [-0.15, -0.1) is 0 Å². The summed E-state index contributed by atoms with van der Waals surface area (Å²) in [5, 5.41) is 5.51. The third-order valence-electron chi connectivity index (χ3n) is 5.34. The Morgan fingerprint density at radius 2 is 1.55 bits per heavy atom. The molecule has 1 aromatic heterocycles. The van der Waals surface area contributed by atoms with Crippen molar-refractivity contribution in [2.75, 3.05) is 19.0 Å². The lowest BCUT2D eigenvalue weighted by molar-refractivity contribution is -0.116. The maximum Gasteiger partial charge on any atom is 0.167 e. The molecular weight excluding hydrogens is 386 g/mol. The normalized spacial score (nSPS) is 10.9. The monoisotopic (exact) mass is 411 g/mol. The first-order valence-corrected chi connectivity index (χ1v) is 10.3. The average molecular weight is 412 g/mol. The maximum atomic E-state index is 12.7. The van der Waals surface area contributed by atoms with E-state index in [9.17, 15) is 9.59 Å². The van der Waals surface area contributed by atoms with Crippen molar-refractivity contribution in [3.05, 3.63) is 89.6 Å². The van der Waals surface area contributed by atoms with Crippen LogP contribution < -0.4 is 4.90 Å². The Kier molecular flexibility index (Phi) is 5.67. The summed E-state index contributed by atoms with van der Waals surface area (Å²) in [7, 11) is 3.96. The smallest absolute Gasteiger partial charge is 0.167 e. The van der Waals surface area contributed by atoms with E-state index in [0.29, 0.717) is 18.4 Å². The van der Waals surface area contributed by atoms with Crippen molar-refractivity contribution in [1.82, 2.24) is 9.78 Å². The van der Waals surface area contributed by atoms with Gasteiger partial charge < -0.3 is 4.90 Å². The number of hydrogen-bond acceptors (Lipinski definition) is 4. The molecule has 156 valence electrons. The highest BCUT2D eigenvalue weighted by Gasteiger charge is 2.11. The van der Waals surface area contributed by atoms with Crippen molar-refractivity contribution < 1.29 is 9.59 Å². The van der Waals surface area contributed by atoms with E-state index in [0.717, 1.165) is 33.4 Å². The standard InChI is InChI=1S/C26H25N3O2/c1-18(30)14-19-4-9-24(10-5-19)29-25-13-6-20(15-22(25)17-27-29)16-26(31)21-7-11-23(12-8-21)28(2)3/h4-13,15,17H,14,16H2,1-3H3. The fourth-order valence-electron chi connectivity index (χ4n) is 3.67. The van der Waals surface area contributed by atoms with Gasteiger partial charge in [-0.3, -0.25) is 9.59 Å². The number of anilines is 1. The van der Waals surface area contributed by atoms with Crippen LogP contribution in [0.2, 0.25) is 0 Å². The SMILES string of the molecule is CC(=O)Cc1ccc(-n2ncc3cc(CC(=O)c4ccc(N(C)C)cc4)ccc32)cc1. The summed E-state index contributed by atoms with van der Waals surface area (Å²) in [5.41, 5.74) is 5.65. The fraction of sp³-hybridized carbons (Fsp3) is 0.192. The zero-order valence-electron chi connectivity index (χ0n) is 18.0. The van der Waals surface area contributed by atoms with Crippen molar-refractivity contribution in [3.8, 4) is 5.69 Å². The molecule has 5 heteroatoms. The molecular formula is C26H25N3O2. The first-order chi connectivity index (χ1) is 14.9. The van der Waals surface area contributed by atoms with E-state index in [-0.39, 0.29) is 11.6 Å². The molecule has 0 bridgehead atoms. The van der Waals surface area contributed by atoms with E-state index in [1.54, 1.807) is 6.92 Å². The molecule has 31 heavy (non-hydrogen) atoms. The average Bonchev–Trinajstić information content (AvgIpc) is 3.17. The molecule has 0 saturated heterocycles. The highest BCUT2D eigenvalue weighted by molar-refractivity contribution is 5.98. The molecule has 0 amide bonds. The van der Waals surface area contributed by atoms with Crippen LogP contribution in [0.25, 0.3) is 16.6 Å². The highest BCUT2D eigenvalue weighted by atomic mass is 16.1. The second-order valence-electron chi connectivity index (χ2n) is 8.04. The minimum absolute atomic E-state index is 0.0955. The molecule has 4 rings (SSSR count).